The highest BCUT2D eigenvalue weighted by molar-refractivity contribution is 6.08. The number of nitrogens with zero attached hydrogens (tertiary/aromatic N) is 3. The smallest absolute Gasteiger partial charge is 0.200 e. The number of carbonyl (C=O) groups is 1. The van der Waals surface area contributed by atoms with E-state index < -0.39 is 35.3 Å². The predicted octanol–water partition coefficient (Wildman–Crippen LogP) is 4.04. The van der Waals surface area contributed by atoms with E-state index >= 15 is 8.78 Å². The number of rotatable bonds is 6. The fraction of sp³-hybridized carbons (Fsp3) is 0.280. The standard InChI is InChI=1S/C25H23F4N3O2/c1-30-10-12-31(13-11-30)24-20(28)14-18-23(22(24)29)32(9-8-26)15-19(25(18)34)21(33)7-4-16-2-5-17(27)6-3-16/h2-7,14-15H,8-13H2,1H3. The number of hydrogen-bond acceptors (Lipinski definition) is 4. The summed E-state index contributed by atoms with van der Waals surface area (Å²) in [6, 6.07) is 6.26. The van der Waals surface area contributed by atoms with Crippen LogP contribution in [0.1, 0.15) is 15.9 Å². The van der Waals surface area contributed by atoms with Crippen LogP contribution in [0, 0.1) is 17.5 Å². The van der Waals surface area contributed by atoms with Crippen molar-refractivity contribution in [3.8, 4) is 0 Å². The summed E-state index contributed by atoms with van der Waals surface area (Å²) in [5.41, 5.74) is -1.17. The Labute approximate surface area is 193 Å². The quantitative estimate of drug-likeness (QED) is 0.308. The highest BCUT2D eigenvalue weighted by atomic mass is 19.1. The first-order valence-electron chi connectivity index (χ1n) is 10.8. The summed E-state index contributed by atoms with van der Waals surface area (Å²) >= 11 is 0. The van der Waals surface area contributed by atoms with Gasteiger partial charge in [-0.3, -0.25) is 9.59 Å². The molecule has 1 saturated heterocycles. The molecule has 5 nitrogen and oxygen atoms in total. The Morgan fingerprint density at radius 1 is 1.06 bits per heavy atom. The first-order chi connectivity index (χ1) is 16.3. The van der Waals surface area contributed by atoms with Crippen molar-refractivity contribution in [2.24, 2.45) is 0 Å². The van der Waals surface area contributed by atoms with Crippen LogP contribution in [0.5, 0.6) is 0 Å². The molecule has 4 rings (SSSR count). The Kier molecular flexibility index (Phi) is 6.83. The topological polar surface area (TPSA) is 45.6 Å². The molecule has 0 unspecified atom stereocenters. The summed E-state index contributed by atoms with van der Waals surface area (Å²) in [6.45, 7) is 0.826. The van der Waals surface area contributed by atoms with Gasteiger partial charge in [0, 0.05) is 32.4 Å². The lowest BCUT2D eigenvalue weighted by Crippen LogP contribution is -2.45. The maximum atomic E-state index is 15.6. The molecule has 0 spiro atoms. The summed E-state index contributed by atoms with van der Waals surface area (Å²) in [6.07, 6.45) is 3.61. The number of alkyl halides is 1. The van der Waals surface area contributed by atoms with Crippen molar-refractivity contribution in [1.82, 2.24) is 9.47 Å². The highest BCUT2D eigenvalue weighted by Gasteiger charge is 2.26. The molecule has 3 aromatic rings. The van der Waals surface area contributed by atoms with Crippen molar-refractivity contribution >= 4 is 28.4 Å². The van der Waals surface area contributed by atoms with Crippen molar-refractivity contribution in [1.29, 1.82) is 0 Å². The predicted molar refractivity (Wildman–Crippen MR) is 124 cm³/mol. The van der Waals surface area contributed by atoms with Gasteiger partial charge < -0.3 is 14.4 Å². The van der Waals surface area contributed by atoms with Gasteiger partial charge in [0.15, 0.2) is 11.6 Å². The number of ketones is 1. The van der Waals surface area contributed by atoms with E-state index in [4.69, 9.17) is 0 Å². The SMILES string of the molecule is CN1CCN(c2c(F)cc3c(=O)c(C(=O)C=Cc4ccc(F)cc4)cn(CCF)c3c2F)CC1. The molecule has 1 fully saturated rings. The second kappa shape index (κ2) is 9.80. The Morgan fingerprint density at radius 3 is 2.38 bits per heavy atom. The largest absolute Gasteiger partial charge is 0.364 e. The summed E-state index contributed by atoms with van der Waals surface area (Å²) < 4.78 is 58.2. The number of pyridine rings is 1. The van der Waals surface area contributed by atoms with Gasteiger partial charge in [-0.15, -0.1) is 0 Å². The maximum Gasteiger partial charge on any atom is 0.200 e. The van der Waals surface area contributed by atoms with E-state index in [0.717, 1.165) is 22.9 Å². The lowest BCUT2D eigenvalue weighted by molar-refractivity contribution is 0.104. The van der Waals surface area contributed by atoms with E-state index in [1.165, 1.54) is 30.3 Å². The second-order valence-corrected chi connectivity index (χ2v) is 8.21. The molecule has 0 N–H and O–H groups in total. The third-order valence-electron chi connectivity index (χ3n) is 5.94. The molecule has 34 heavy (non-hydrogen) atoms. The number of aromatic nitrogens is 1. The van der Waals surface area contributed by atoms with Gasteiger partial charge in [0.2, 0.25) is 5.43 Å². The lowest BCUT2D eigenvalue weighted by atomic mass is 10.0. The van der Waals surface area contributed by atoms with Gasteiger partial charge in [-0.2, -0.15) is 0 Å². The van der Waals surface area contributed by atoms with Crippen molar-refractivity contribution in [3.63, 3.8) is 0 Å². The van der Waals surface area contributed by atoms with Gasteiger partial charge in [0.25, 0.3) is 0 Å². The van der Waals surface area contributed by atoms with Crippen molar-refractivity contribution in [3.05, 3.63) is 81.4 Å². The zero-order valence-electron chi connectivity index (χ0n) is 18.5. The molecule has 0 atom stereocenters. The van der Waals surface area contributed by atoms with E-state index in [1.807, 2.05) is 11.9 Å². The molecule has 178 valence electrons. The first-order valence-corrected chi connectivity index (χ1v) is 10.8. The number of allylic oxidation sites excluding steroid dienone is 1. The molecule has 0 amide bonds. The van der Waals surface area contributed by atoms with E-state index in [-0.39, 0.29) is 28.7 Å². The minimum Gasteiger partial charge on any atom is -0.364 e. The average molecular weight is 473 g/mol. The molecule has 1 aliphatic rings. The summed E-state index contributed by atoms with van der Waals surface area (Å²) in [5.74, 6) is -3.02. The zero-order chi connectivity index (χ0) is 24.4. The van der Waals surface area contributed by atoms with Gasteiger partial charge in [0.05, 0.1) is 23.0 Å². The Balaban J connectivity index is 1.80. The van der Waals surface area contributed by atoms with E-state index in [0.29, 0.717) is 31.7 Å². The number of likely N-dealkylation sites (N-methyl/N-ethyl adjacent to an activating group) is 1. The Hall–Kier alpha value is -3.46. The number of benzene rings is 2. The molecule has 9 heteroatoms. The normalized spacial score (nSPS) is 14.9. The van der Waals surface area contributed by atoms with E-state index in [1.54, 1.807) is 4.90 Å². The zero-order valence-corrected chi connectivity index (χ0v) is 18.5. The van der Waals surface area contributed by atoms with Gasteiger partial charge in [-0.1, -0.05) is 18.2 Å². The van der Waals surface area contributed by atoms with Crippen LogP contribution in [-0.4, -0.2) is 55.2 Å². The molecule has 2 heterocycles. The minimum atomic E-state index is -0.953. The number of piperazine rings is 1. The number of aryl methyl sites for hydroxylation is 1. The van der Waals surface area contributed by atoms with E-state index in [2.05, 4.69) is 0 Å². The number of anilines is 1. The summed E-state index contributed by atoms with van der Waals surface area (Å²) in [4.78, 5) is 29.4. The van der Waals surface area contributed by atoms with Crippen LogP contribution in [-0.2, 0) is 6.54 Å². The maximum absolute atomic E-state index is 15.6. The van der Waals surface area contributed by atoms with Crippen molar-refractivity contribution in [2.45, 2.75) is 6.54 Å². The Bertz CT molecular complexity index is 1310. The summed E-state index contributed by atoms with van der Waals surface area (Å²) in [7, 11) is 1.91. The minimum absolute atomic E-state index is 0.239. The molecular formula is C25H23F4N3O2. The van der Waals surface area contributed by atoms with Crippen molar-refractivity contribution < 1.29 is 22.4 Å². The fourth-order valence-electron chi connectivity index (χ4n) is 4.08. The molecule has 1 aromatic heterocycles. The van der Waals surface area contributed by atoms with Crippen LogP contribution in [0.25, 0.3) is 17.0 Å². The molecule has 2 aromatic carbocycles. The second-order valence-electron chi connectivity index (χ2n) is 8.21. The van der Waals surface area contributed by atoms with Crippen LogP contribution in [0.4, 0.5) is 23.2 Å². The molecule has 0 saturated carbocycles. The Morgan fingerprint density at radius 2 is 1.74 bits per heavy atom. The van der Waals surface area contributed by atoms with Crippen LogP contribution in [0.15, 0.2) is 47.4 Å². The molecule has 1 aliphatic heterocycles. The van der Waals surface area contributed by atoms with Crippen LogP contribution in [0.3, 0.4) is 0 Å². The molecular weight excluding hydrogens is 450 g/mol. The van der Waals surface area contributed by atoms with Crippen LogP contribution < -0.4 is 10.3 Å². The number of fused-ring (bicyclic) bond motifs is 1. The monoisotopic (exact) mass is 473 g/mol. The average Bonchev–Trinajstić information content (AvgIpc) is 2.81. The van der Waals surface area contributed by atoms with Gasteiger partial charge in [0.1, 0.15) is 24.0 Å². The summed E-state index contributed by atoms with van der Waals surface area (Å²) in [5, 5.41) is -0.331. The van der Waals surface area contributed by atoms with Gasteiger partial charge in [-0.05, 0) is 36.9 Å². The fourth-order valence-corrected chi connectivity index (χ4v) is 4.08. The van der Waals surface area contributed by atoms with Crippen LogP contribution >= 0.6 is 0 Å². The van der Waals surface area contributed by atoms with E-state index in [9.17, 15) is 18.4 Å². The van der Waals surface area contributed by atoms with Crippen molar-refractivity contribution in [2.75, 3.05) is 44.8 Å². The molecule has 0 bridgehead atoms. The molecule has 0 radical (unpaired) electrons. The number of carbonyl (C=O) groups excluding carboxylic acids is 1. The lowest BCUT2D eigenvalue weighted by Gasteiger charge is -2.34. The number of hydrogen-bond donors (Lipinski definition) is 0. The third-order valence-corrected chi connectivity index (χ3v) is 5.94. The van der Waals surface area contributed by atoms with Crippen LogP contribution in [0.2, 0.25) is 0 Å². The highest BCUT2D eigenvalue weighted by Crippen LogP contribution is 2.31. The molecule has 0 aliphatic carbocycles. The number of halogens is 4. The van der Waals surface area contributed by atoms with Gasteiger partial charge in [-0.25, -0.2) is 17.6 Å². The van der Waals surface area contributed by atoms with Gasteiger partial charge >= 0.3 is 0 Å². The third kappa shape index (κ3) is 4.61. The first kappa shape index (κ1) is 23.7.